The van der Waals surface area contributed by atoms with E-state index in [4.69, 9.17) is 5.11 Å². The van der Waals surface area contributed by atoms with E-state index >= 15 is 0 Å². The molecule has 0 aliphatic heterocycles. The Hall–Kier alpha value is -2.30. The first-order valence-corrected chi connectivity index (χ1v) is 6.16. The minimum Gasteiger partial charge on any atom is -0.480 e. The molecular formula is C14H16N2O3. The lowest BCUT2D eigenvalue weighted by Gasteiger charge is -2.08. The first-order chi connectivity index (χ1) is 9.04. The number of aryl methyl sites for hydroxylation is 1. The maximum atomic E-state index is 12.1. The van der Waals surface area contributed by atoms with Crippen LogP contribution in [0.4, 0.5) is 0 Å². The predicted octanol–water partition coefficient (Wildman–Crippen LogP) is 1.86. The SMILES string of the molecule is CCn1cc(C(=O)NC(C)C(=O)O)c2ccccc21. The van der Waals surface area contributed by atoms with Crippen molar-refractivity contribution in [2.75, 3.05) is 0 Å². The molecule has 0 aliphatic rings. The summed E-state index contributed by atoms with van der Waals surface area (Å²) in [4.78, 5) is 22.9. The number of carbonyl (C=O) groups excluding carboxylic acids is 1. The van der Waals surface area contributed by atoms with Crippen LogP contribution in [-0.4, -0.2) is 27.6 Å². The third-order valence-electron chi connectivity index (χ3n) is 3.09. The minimum atomic E-state index is -1.05. The Morgan fingerprint density at radius 3 is 2.68 bits per heavy atom. The van der Waals surface area contributed by atoms with Crippen LogP contribution in [0.25, 0.3) is 10.9 Å². The predicted molar refractivity (Wildman–Crippen MR) is 72.2 cm³/mol. The molecule has 2 N–H and O–H groups in total. The van der Waals surface area contributed by atoms with Gasteiger partial charge in [-0.1, -0.05) is 18.2 Å². The van der Waals surface area contributed by atoms with Gasteiger partial charge in [0.1, 0.15) is 6.04 Å². The lowest BCUT2D eigenvalue weighted by molar-refractivity contribution is -0.138. The summed E-state index contributed by atoms with van der Waals surface area (Å²) in [6, 6.07) is 6.67. The number of hydrogen-bond donors (Lipinski definition) is 2. The zero-order valence-corrected chi connectivity index (χ0v) is 10.9. The molecule has 5 heteroatoms. The second-order valence-electron chi connectivity index (χ2n) is 4.38. The number of carboxylic acids is 1. The van der Waals surface area contributed by atoms with Crippen molar-refractivity contribution in [3.05, 3.63) is 36.0 Å². The van der Waals surface area contributed by atoms with E-state index in [0.29, 0.717) is 5.56 Å². The van der Waals surface area contributed by atoms with E-state index in [1.54, 1.807) is 6.20 Å². The molecule has 1 heterocycles. The van der Waals surface area contributed by atoms with Crippen LogP contribution in [0, 0.1) is 0 Å². The Kier molecular flexibility index (Phi) is 3.55. The molecule has 2 rings (SSSR count). The van der Waals surface area contributed by atoms with Gasteiger partial charge in [-0.05, 0) is 19.9 Å². The van der Waals surface area contributed by atoms with Crippen LogP contribution in [0.2, 0.25) is 0 Å². The number of aromatic nitrogens is 1. The molecule has 5 nitrogen and oxygen atoms in total. The largest absolute Gasteiger partial charge is 0.480 e. The third-order valence-corrected chi connectivity index (χ3v) is 3.09. The third kappa shape index (κ3) is 2.45. The van der Waals surface area contributed by atoms with Crippen LogP contribution in [-0.2, 0) is 11.3 Å². The van der Waals surface area contributed by atoms with Gasteiger partial charge in [0, 0.05) is 23.6 Å². The lowest BCUT2D eigenvalue weighted by Crippen LogP contribution is -2.38. The quantitative estimate of drug-likeness (QED) is 0.881. The number of rotatable bonds is 4. The molecule has 0 bridgehead atoms. The molecule has 1 aromatic heterocycles. The van der Waals surface area contributed by atoms with Gasteiger partial charge < -0.3 is 15.0 Å². The standard InChI is InChI=1S/C14H16N2O3/c1-3-16-8-11(10-6-4-5-7-12(10)16)13(17)15-9(2)14(18)19/h4-9H,3H2,1-2H3,(H,15,17)(H,18,19). The summed E-state index contributed by atoms with van der Waals surface area (Å²) in [5.41, 5.74) is 1.48. The maximum Gasteiger partial charge on any atom is 0.325 e. The molecule has 0 spiro atoms. The summed E-state index contributed by atoms with van der Waals surface area (Å²) in [6.45, 7) is 4.19. The molecule has 100 valence electrons. The summed E-state index contributed by atoms with van der Waals surface area (Å²) < 4.78 is 1.97. The van der Waals surface area contributed by atoms with Crippen LogP contribution < -0.4 is 5.32 Å². The van der Waals surface area contributed by atoms with Crippen molar-refractivity contribution >= 4 is 22.8 Å². The molecule has 1 aromatic carbocycles. The van der Waals surface area contributed by atoms with Gasteiger partial charge >= 0.3 is 5.97 Å². The van der Waals surface area contributed by atoms with Gasteiger partial charge in [-0.2, -0.15) is 0 Å². The lowest BCUT2D eigenvalue weighted by atomic mass is 10.1. The molecule has 0 radical (unpaired) electrons. The van der Waals surface area contributed by atoms with E-state index in [-0.39, 0.29) is 5.91 Å². The Morgan fingerprint density at radius 2 is 2.05 bits per heavy atom. The summed E-state index contributed by atoms with van der Waals surface area (Å²) in [7, 11) is 0. The van der Waals surface area contributed by atoms with E-state index in [1.165, 1.54) is 6.92 Å². The van der Waals surface area contributed by atoms with Crippen molar-refractivity contribution in [1.29, 1.82) is 0 Å². The minimum absolute atomic E-state index is 0.363. The molecule has 0 fully saturated rings. The maximum absolute atomic E-state index is 12.1. The fraction of sp³-hybridized carbons (Fsp3) is 0.286. The van der Waals surface area contributed by atoms with Gasteiger partial charge in [-0.3, -0.25) is 9.59 Å². The average Bonchev–Trinajstić information content (AvgIpc) is 2.77. The molecular weight excluding hydrogens is 244 g/mol. The molecule has 0 aliphatic carbocycles. The normalized spacial score (nSPS) is 12.3. The highest BCUT2D eigenvalue weighted by Gasteiger charge is 2.18. The Labute approximate surface area is 110 Å². The van der Waals surface area contributed by atoms with E-state index < -0.39 is 12.0 Å². The summed E-state index contributed by atoms with van der Waals surface area (Å²) in [5.74, 6) is -1.41. The number of hydrogen-bond acceptors (Lipinski definition) is 2. The summed E-state index contributed by atoms with van der Waals surface area (Å²) in [5, 5.41) is 12.1. The highest BCUT2D eigenvalue weighted by Crippen LogP contribution is 2.21. The molecule has 1 unspecified atom stereocenters. The van der Waals surface area contributed by atoms with Crippen molar-refractivity contribution in [3.63, 3.8) is 0 Å². The van der Waals surface area contributed by atoms with E-state index in [0.717, 1.165) is 17.4 Å². The number of aliphatic carboxylic acids is 1. The van der Waals surface area contributed by atoms with Gasteiger partial charge in [0.25, 0.3) is 5.91 Å². The first-order valence-electron chi connectivity index (χ1n) is 6.16. The van der Waals surface area contributed by atoms with Gasteiger partial charge in [0.15, 0.2) is 0 Å². The second kappa shape index (κ2) is 5.14. The zero-order valence-electron chi connectivity index (χ0n) is 10.9. The molecule has 19 heavy (non-hydrogen) atoms. The highest BCUT2D eigenvalue weighted by molar-refractivity contribution is 6.07. The number of amides is 1. The number of carbonyl (C=O) groups is 2. The number of carboxylic acid groups (broad SMARTS) is 1. The van der Waals surface area contributed by atoms with E-state index in [2.05, 4.69) is 5.32 Å². The van der Waals surface area contributed by atoms with Gasteiger partial charge in [0.05, 0.1) is 5.56 Å². The van der Waals surface area contributed by atoms with Gasteiger partial charge in [-0.25, -0.2) is 0 Å². The topological polar surface area (TPSA) is 71.3 Å². The molecule has 1 amide bonds. The molecule has 0 saturated carbocycles. The van der Waals surface area contributed by atoms with Gasteiger partial charge in [-0.15, -0.1) is 0 Å². The number of para-hydroxylation sites is 1. The Morgan fingerprint density at radius 1 is 1.37 bits per heavy atom. The number of nitrogens with one attached hydrogen (secondary N) is 1. The van der Waals surface area contributed by atoms with Crippen molar-refractivity contribution in [2.24, 2.45) is 0 Å². The Balaban J connectivity index is 2.40. The molecule has 2 aromatic rings. The van der Waals surface area contributed by atoms with E-state index in [1.807, 2.05) is 35.8 Å². The van der Waals surface area contributed by atoms with Crippen LogP contribution in [0.1, 0.15) is 24.2 Å². The second-order valence-corrected chi connectivity index (χ2v) is 4.38. The van der Waals surface area contributed by atoms with Crippen molar-refractivity contribution in [2.45, 2.75) is 26.4 Å². The Bertz CT molecular complexity index is 631. The fourth-order valence-electron chi connectivity index (χ4n) is 2.03. The number of benzene rings is 1. The van der Waals surface area contributed by atoms with Crippen molar-refractivity contribution in [3.8, 4) is 0 Å². The molecule has 1 atom stereocenters. The van der Waals surface area contributed by atoms with Gasteiger partial charge in [0.2, 0.25) is 0 Å². The highest BCUT2D eigenvalue weighted by atomic mass is 16.4. The van der Waals surface area contributed by atoms with E-state index in [9.17, 15) is 9.59 Å². The fourth-order valence-corrected chi connectivity index (χ4v) is 2.03. The van der Waals surface area contributed by atoms with Crippen molar-refractivity contribution < 1.29 is 14.7 Å². The van der Waals surface area contributed by atoms with Crippen LogP contribution in [0.15, 0.2) is 30.5 Å². The van der Waals surface area contributed by atoms with Crippen LogP contribution in [0.3, 0.4) is 0 Å². The average molecular weight is 260 g/mol. The number of fused-ring (bicyclic) bond motifs is 1. The summed E-state index contributed by atoms with van der Waals surface area (Å²) in [6.07, 6.45) is 1.76. The number of nitrogens with zero attached hydrogens (tertiary/aromatic N) is 1. The summed E-state index contributed by atoms with van der Waals surface area (Å²) >= 11 is 0. The molecule has 0 saturated heterocycles. The zero-order chi connectivity index (χ0) is 14.0. The van der Waals surface area contributed by atoms with Crippen LogP contribution in [0.5, 0.6) is 0 Å². The monoisotopic (exact) mass is 260 g/mol. The van der Waals surface area contributed by atoms with Crippen molar-refractivity contribution in [1.82, 2.24) is 9.88 Å². The first kappa shape index (κ1) is 13.1. The van der Waals surface area contributed by atoms with Crippen LogP contribution >= 0.6 is 0 Å². The smallest absolute Gasteiger partial charge is 0.325 e.